The second-order valence-electron chi connectivity index (χ2n) is 4.93. The van der Waals surface area contributed by atoms with Crippen LogP contribution in [0.1, 0.15) is 0 Å². The molecule has 0 aliphatic heterocycles. The standard InChI is InChI=1S/C18H11BS/c19-14-8-5-12(6-9-14)13-7-10-16-15-3-1-2-4-17(15)20-18(16)11-13/h1-11H. The smallest absolute Gasteiger partial charge is 0.113 e. The first kappa shape index (κ1) is 11.7. The summed E-state index contributed by atoms with van der Waals surface area (Å²) in [6.45, 7) is 0. The Morgan fingerprint density at radius 3 is 2.20 bits per heavy atom. The Hall–Kier alpha value is -2.06. The number of fused-ring (bicyclic) bond motifs is 3. The molecule has 0 spiro atoms. The molecule has 3 aromatic carbocycles. The summed E-state index contributed by atoms with van der Waals surface area (Å²) in [6.07, 6.45) is 0. The SMILES string of the molecule is [B]c1ccc(-c2ccc3c(c2)sc2ccccc23)cc1. The lowest BCUT2D eigenvalue weighted by Gasteiger charge is -2.02. The van der Waals surface area contributed by atoms with Crippen LogP contribution in [0.4, 0.5) is 0 Å². The van der Waals surface area contributed by atoms with Crippen LogP contribution in [0.3, 0.4) is 0 Å². The normalized spacial score (nSPS) is 11.2. The van der Waals surface area contributed by atoms with Gasteiger partial charge in [-0.25, -0.2) is 0 Å². The second kappa shape index (κ2) is 4.50. The molecule has 1 aromatic heterocycles. The number of hydrogen-bond donors (Lipinski definition) is 0. The van der Waals surface area contributed by atoms with E-state index in [0.717, 1.165) is 5.46 Å². The van der Waals surface area contributed by atoms with Gasteiger partial charge in [-0.3, -0.25) is 0 Å². The summed E-state index contributed by atoms with van der Waals surface area (Å²) in [4.78, 5) is 0. The molecule has 2 heteroatoms. The molecule has 4 aromatic rings. The summed E-state index contributed by atoms with van der Waals surface area (Å²) in [7, 11) is 5.75. The quantitative estimate of drug-likeness (QED) is 0.446. The molecular formula is C18H11BS. The highest BCUT2D eigenvalue weighted by molar-refractivity contribution is 7.25. The molecule has 0 fully saturated rings. The minimum absolute atomic E-state index is 0.802. The van der Waals surface area contributed by atoms with Crippen molar-refractivity contribution in [3.05, 3.63) is 66.7 Å². The second-order valence-corrected chi connectivity index (χ2v) is 6.01. The van der Waals surface area contributed by atoms with Gasteiger partial charge in [0.2, 0.25) is 0 Å². The Morgan fingerprint density at radius 1 is 0.650 bits per heavy atom. The number of thiophene rings is 1. The third kappa shape index (κ3) is 1.84. The maximum atomic E-state index is 5.75. The van der Waals surface area contributed by atoms with Gasteiger partial charge in [0.05, 0.1) is 0 Å². The zero-order valence-corrected chi connectivity index (χ0v) is 11.7. The third-order valence-corrected chi connectivity index (χ3v) is 4.76. The Kier molecular flexibility index (Phi) is 2.64. The molecule has 1 heterocycles. The maximum Gasteiger partial charge on any atom is 0.113 e. The first-order chi connectivity index (χ1) is 9.81. The topological polar surface area (TPSA) is 0 Å². The Labute approximate surface area is 123 Å². The molecule has 0 nitrogen and oxygen atoms in total. The Balaban J connectivity index is 1.94. The van der Waals surface area contributed by atoms with Gasteiger partial charge in [-0.15, -0.1) is 11.3 Å². The van der Waals surface area contributed by atoms with Crippen molar-refractivity contribution in [2.75, 3.05) is 0 Å². The van der Waals surface area contributed by atoms with E-state index in [4.69, 9.17) is 7.85 Å². The summed E-state index contributed by atoms with van der Waals surface area (Å²) < 4.78 is 2.68. The highest BCUT2D eigenvalue weighted by Gasteiger charge is 2.05. The van der Waals surface area contributed by atoms with Crippen LogP contribution >= 0.6 is 11.3 Å². The van der Waals surface area contributed by atoms with Crippen molar-refractivity contribution in [2.45, 2.75) is 0 Å². The lowest BCUT2D eigenvalue weighted by Crippen LogP contribution is -1.98. The number of hydrogen-bond acceptors (Lipinski definition) is 1. The first-order valence-corrected chi connectivity index (χ1v) is 7.40. The van der Waals surface area contributed by atoms with E-state index < -0.39 is 0 Å². The third-order valence-electron chi connectivity index (χ3n) is 3.62. The van der Waals surface area contributed by atoms with E-state index in [1.165, 1.54) is 31.3 Å². The van der Waals surface area contributed by atoms with Gasteiger partial charge in [-0.1, -0.05) is 60.1 Å². The van der Waals surface area contributed by atoms with Crippen LogP contribution in [0, 0.1) is 0 Å². The van der Waals surface area contributed by atoms with Gasteiger partial charge in [0.1, 0.15) is 7.85 Å². The van der Waals surface area contributed by atoms with E-state index in [1.807, 2.05) is 23.5 Å². The van der Waals surface area contributed by atoms with Crippen molar-refractivity contribution in [2.24, 2.45) is 0 Å². The average molecular weight is 270 g/mol. The highest BCUT2D eigenvalue weighted by Crippen LogP contribution is 2.35. The van der Waals surface area contributed by atoms with Gasteiger partial charge >= 0.3 is 0 Å². The molecule has 4 rings (SSSR count). The molecule has 2 radical (unpaired) electrons. The number of benzene rings is 3. The van der Waals surface area contributed by atoms with Gasteiger partial charge in [-0.05, 0) is 23.3 Å². The lowest BCUT2D eigenvalue weighted by molar-refractivity contribution is 1.69. The van der Waals surface area contributed by atoms with Crippen LogP contribution in [0.2, 0.25) is 0 Å². The van der Waals surface area contributed by atoms with Crippen LogP contribution in [0.5, 0.6) is 0 Å². The fraction of sp³-hybridized carbons (Fsp3) is 0. The molecule has 0 aliphatic carbocycles. The Morgan fingerprint density at radius 2 is 1.35 bits per heavy atom. The van der Waals surface area contributed by atoms with Gasteiger partial charge in [0.25, 0.3) is 0 Å². The number of rotatable bonds is 1. The van der Waals surface area contributed by atoms with Crippen LogP contribution in [0.15, 0.2) is 66.7 Å². The minimum atomic E-state index is 0.802. The van der Waals surface area contributed by atoms with E-state index in [1.54, 1.807) is 0 Å². The molecule has 0 atom stereocenters. The summed E-state index contributed by atoms with van der Waals surface area (Å²) in [6, 6.07) is 23.3. The zero-order valence-electron chi connectivity index (χ0n) is 10.8. The van der Waals surface area contributed by atoms with Crippen molar-refractivity contribution in [1.29, 1.82) is 0 Å². The average Bonchev–Trinajstić information content (AvgIpc) is 2.85. The van der Waals surface area contributed by atoms with Crippen molar-refractivity contribution >= 4 is 44.8 Å². The van der Waals surface area contributed by atoms with Gasteiger partial charge in [0, 0.05) is 20.2 Å². The zero-order chi connectivity index (χ0) is 13.5. The van der Waals surface area contributed by atoms with Gasteiger partial charge in [0.15, 0.2) is 0 Å². The maximum absolute atomic E-state index is 5.75. The van der Waals surface area contributed by atoms with Crippen molar-refractivity contribution in [1.82, 2.24) is 0 Å². The van der Waals surface area contributed by atoms with Crippen LogP contribution in [-0.4, -0.2) is 7.85 Å². The van der Waals surface area contributed by atoms with Crippen LogP contribution in [0.25, 0.3) is 31.3 Å². The summed E-state index contributed by atoms with van der Waals surface area (Å²) in [5.41, 5.74) is 3.25. The van der Waals surface area contributed by atoms with E-state index in [2.05, 4.69) is 54.6 Å². The predicted octanol–water partition coefficient (Wildman–Crippen LogP) is 4.52. The minimum Gasteiger partial charge on any atom is -0.135 e. The molecule has 20 heavy (non-hydrogen) atoms. The molecule has 0 N–H and O–H groups in total. The van der Waals surface area contributed by atoms with E-state index in [-0.39, 0.29) is 0 Å². The molecule has 92 valence electrons. The van der Waals surface area contributed by atoms with E-state index >= 15 is 0 Å². The summed E-state index contributed by atoms with van der Waals surface area (Å²) in [5.74, 6) is 0. The molecule has 0 aliphatic rings. The van der Waals surface area contributed by atoms with Crippen molar-refractivity contribution in [3.63, 3.8) is 0 Å². The highest BCUT2D eigenvalue weighted by atomic mass is 32.1. The van der Waals surface area contributed by atoms with Crippen LogP contribution in [-0.2, 0) is 0 Å². The van der Waals surface area contributed by atoms with Crippen molar-refractivity contribution < 1.29 is 0 Å². The molecule has 0 unspecified atom stereocenters. The monoisotopic (exact) mass is 270 g/mol. The van der Waals surface area contributed by atoms with Gasteiger partial charge in [-0.2, -0.15) is 0 Å². The van der Waals surface area contributed by atoms with Crippen molar-refractivity contribution in [3.8, 4) is 11.1 Å². The molecular weight excluding hydrogens is 259 g/mol. The lowest BCUT2D eigenvalue weighted by atomic mass is 9.93. The van der Waals surface area contributed by atoms with E-state index in [0.29, 0.717) is 0 Å². The van der Waals surface area contributed by atoms with E-state index in [9.17, 15) is 0 Å². The van der Waals surface area contributed by atoms with Gasteiger partial charge < -0.3 is 0 Å². The molecule has 0 bridgehead atoms. The summed E-state index contributed by atoms with van der Waals surface area (Å²) >= 11 is 1.85. The molecule has 0 saturated carbocycles. The predicted molar refractivity (Wildman–Crippen MR) is 90.2 cm³/mol. The largest absolute Gasteiger partial charge is 0.135 e. The first-order valence-electron chi connectivity index (χ1n) is 6.58. The fourth-order valence-electron chi connectivity index (χ4n) is 2.58. The summed E-state index contributed by atoms with van der Waals surface area (Å²) in [5, 5.41) is 2.68. The Bertz CT molecular complexity index is 904. The van der Waals surface area contributed by atoms with Crippen LogP contribution < -0.4 is 5.46 Å². The molecule has 0 saturated heterocycles. The fourth-order valence-corrected chi connectivity index (χ4v) is 3.73. The molecule has 0 amide bonds.